The Morgan fingerprint density at radius 3 is 2.78 bits per heavy atom. The van der Waals surface area contributed by atoms with Gasteiger partial charge in [0.2, 0.25) is 0 Å². The lowest BCUT2D eigenvalue weighted by molar-refractivity contribution is 0.115. The van der Waals surface area contributed by atoms with Gasteiger partial charge in [0.05, 0.1) is 13.2 Å². The summed E-state index contributed by atoms with van der Waals surface area (Å²) in [6.07, 6.45) is 5.07. The largest absolute Gasteiger partial charge is 0.493 e. The van der Waals surface area contributed by atoms with Gasteiger partial charge >= 0.3 is 0 Å². The molecule has 1 N–H and O–H groups in total. The topological polar surface area (TPSA) is 30.5 Å². The zero-order chi connectivity index (χ0) is 12.5. The van der Waals surface area contributed by atoms with Gasteiger partial charge in [0, 0.05) is 11.6 Å². The lowest BCUT2D eigenvalue weighted by Gasteiger charge is -2.30. The van der Waals surface area contributed by atoms with Gasteiger partial charge in [-0.05, 0) is 50.8 Å². The summed E-state index contributed by atoms with van der Waals surface area (Å²) in [5.41, 5.74) is 2.67. The van der Waals surface area contributed by atoms with E-state index < -0.39 is 0 Å². The van der Waals surface area contributed by atoms with Crippen molar-refractivity contribution in [2.75, 3.05) is 13.7 Å². The molecule has 1 unspecified atom stereocenters. The van der Waals surface area contributed by atoms with Gasteiger partial charge in [-0.2, -0.15) is 0 Å². The van der Waals surface area contributed by atoms with Gasteiger partial charge in [-0.15, -0.1) is 0 Å². The fraction of sp³-hybridized carbons (Fsp3) is 0.600. The molecule has 1 aliphatic heterocycles. The van der Waals surface area contributed by atoms with E-state index in [2.05, 4.69) is 24.4 Å². The summed E-state index contributed by atoms with van der Waals surface area (Å²) in [6, 6.07) is 4.66. The van der Waals surface area contributed by atoms with E-state index in [0.29, 0.717) is 12.1 Å². The number of methoxy groups -OCH3 is 1. The minimum atomic E-state index is 0.399. The maximum absolute atomic E-state index is 6.03. The molecule has 1 atom stereocenters. The van der Waals surface area contributed by atoms with Gasteiger partial charge in [0.25, 0.3) is 0 Å². The third-order valence-electron chi connectivity index (χ3n) is 4.10. The highest BCUT2D eigenvalue weighted by molar-refractivity contribution is 5.52. The Bertz CT molecular complexity index is 440. The molecule has 98 valence electrons. The molecule has 1 aromatic carbocycles. The number of nitrogens with one attached hydrogen (secondary N) is 1. The van der Waals surface area contributed by atoms with Gasteiger partial charge < -0.3 is 14.8 Å². The van der Waals surface area contributed by atoms with E-state index in [0.717, 1.165) is 24.5 Å². The minimum Gasteiger partial charge on any atom is -0.493 e. The van der Waals surface area contributed by atoms with Crippen molar-refractivity contribution in [3.05, 3.63) is 23.3 Å². The van der Waals surface area contributed by atoms with Crippen molar-refractivity contribution < 1.29 is 9.47 Å². The highest BCUT2D eigenvalue weighted by atomic mass is 16.5. The molecule has 0 saturated heterocycles. The van der Waals surface area contributed by atoms with Crippen LogP contribution in [0.2, 0.25) is 0 Å². The van der Waals surface area contributed by atoms with Crippen LogP contribution in [0.25, 0.3) is 0 Å². The first-order chi connectivity index (χ1) is 8.79. The fourth-order valence-corrected chi connectivity index (χ4v) is 2.79. The average Bonchev–Trinajstić information content (AvgIpc) is 2.33. The van der Waals surface area contributed by atoms with Crippen molar-refractivity contribution >= 4 is 0 Å². The van der Waals surface area contributed by atoms with E-state index in [1.54, 1.807) is 7.11 Å². The second kappa shape index (κ2) is 4.81. The number of fused-ring (bicyclic) bond motifs is 1. The van der Waals surface area contributed by atoms with Crippen LogP contribution in [0.3, 0.4) is 0 Å². The maximum atomic E-state index is 6.03. The minimum absolute atomic E-state index is 0.399. The summed E-state index contributed by atoms with van der Waals surface area (Å²) < 4.78 is 11.6. The highest BCUT2D eigenvalue weighted by Gasteiger charge is 2.25. The van der Waals surface area contributed by atoms with Crippen molar-refractivity contribution in [1.82, 2.24) is 5.32 Å². The average molecular weight is 247 g/mol. The standard InChI is InChI=1S/C15H21NO2/c1-10-12-6-7-14(18-11-4-3-5-11)15(17-2)13(12)8-9-16-10/h6-7,10-11,16H,3-5,8-9H2,1-2H3. The Balaban J connectivity index is 1.94. The smallest absolute Gasteiger partial charge is 0.164 e. The molecule has 0 bridgehead atoms. The Kier molecular flexibility index (Phi) is 3.16. The second-order valence-electron chi connectivity index (χ2n) is 5.26. The Hall–Kier alpha value is -1.22. The normalized spacial score (nSPS) is 23.1. The van der Waals surface area contributed by atoms with Gasteiger partial charge in [0.15, 0.2) is 11.5 Å². The van der Waals surface area contributed by atoms with Crippen LogP contribution < -0.4 is 14.8 Å². The quantitative estimate of drug-likeness (QED) is 0.891. The van der Waals surface area contributed by atoms with E-state index in [4.69, 9.17) is 9.47 Å². The third-order valence-corrected chi connectivity index (χ3v) is 4.10. The van der Waals surface area contributed by atoms with Crippen molar-refractivity contribution in [3.63, 3.8) is 0 Å². The zero-order valence-corrected chi connectivity index (χ0v) is 11.2. The molecule has 2 aliphatic rings. The highest BCUT2D eigenvalue weighted by Crippen LogP contribution is 2.39. The van der Waals surface area contributed by atoms with Crippen LogP contribution in [0.15, 0.2) is 12.1 Å². The van der Waals surface area contributed by atoms with E-state index >= 15 is 0 Å². The van der Waals surface area contributed by atoms with E-state index in [-0.39, 0.29) is 0 Å². The first-order valence-corrected chi connectivity index (χ1v) is 6.89. The van der Waals surface area contributed by atoms with Crippen molar-refractivity contribution in [1.29, 1.82) is 0 Å². The molecular formula is C15H21NO2. The number of hydrogen-bond donors (Lipinski definition) is 1. The Morgan fingerprint density at radius 2 is 2.11 bits per heavy atom. The van der Waals surface area contributed by atoms with Crippen molar-refractivity contribution in [2.45, 2.75) is 44.8 Å². The van der Waals surface area contributed by atoms with Crippen LogP contribution in [-0.2, 0) is 6.42 Å². The molecular weight excluding hydrogens is 226 g/mol. The van der Waals surface area contributed by atoms with Gasteiger partial charge in [-0.1, -0.05) is 6.07 Å². The summed E-state index contributed by atoms with van der Waals surface area (Å²) in [7, 11) is 1.75. The van der Waals surface area contributed by atoms with Crippen LogP contribution in [0.4, 0.5) is 0 Å². The van der Waals surface area contributed by atoms with Gasteiger partial charge in [-0.25, -0.2) is 0 Å². The maximum Gasteiger partial charge on any atom is 0.164 e. The molecule has 0 radical (unpaired) electrons. The molecule has 18 heavy (non-hydrogen) atoms. The van der Waals surface area contributed by atoms with Gasteiger partial charge in [-0.3, -0.25) is 0 Å². The molecule has 1 aliphatic carbocycles. The molecule has 1 heterocycles. The molecule has 3 heteroatoms. The second-order valence-corrected chi connectivity index (χ2v) is 5.26. The van der Waals surface area contributed by atoms with Crippen LogP contribution >= 0.6 is 0 Å². The molecule has 3 nitrogen and oxygen atoms in total. The Labute approximate surface area is 108 Å². The number of hydrogen-bond acceptors (Lipinski definition) is 3. The predicted octanol–water partition coefficient (Wildman–Crippen LogP) is 2.83. The number of benzene rings is 1. The fourth-order valence-electron chi connectivity index (χ4n) is 2.79. The van der Waals surface area contributed by atoms with Crippen molar-refractivity contribution in [3.8, 4) is 11.5 Å². The molecule has 0 aromatic heterocycles. The van der Waals surface area contributed by atoms with Gasteiger partial charge in [0.1, 0.15) is 0 Å². The van der Waals surface area contributed by atoms with Crippen LogP contribution in [0, 0.1) is 0 Å². The van der Waals surface area contributed by atoms with Crippen molar-refractivity contribution in [2.24, 2.45) is 0 Å². The third kappa shape index (κ3) is 1.97. The van der Waals surface area contributed by atoms with E-state index in [9.17, 15) is 0 Å². The molecule has 1 aromatic rings. The van der Waals surface area contributed by atoms with Crippen LogP contribution in [0.1, 0.15) is 43.4 Å². The molecule has 0 spiro atoms. The summed E-state index contributed by atoms with van der Waals surface area (Å²) in [5.74, 6) is 1.88. The first-order valence-electron chi connectivity index (χ1n) is 6.89. The number of ether oxygens (including phenoxy) is 2. The monoisotopic (exact) mass is 247 g/mol. The first kappa shape index (κ1) is 11.8. The summed E-state index contributed by atoms with van der Waals surface area (Å²) in [5, 5.41) is 3.48. The zero-order valence-electron chi connectivity index (χ0n) is 11.2. The van der Waals surface area contributed by atoms with Crippen LogP contribution in [0.5, 0.6) is 11.5 Å². The Morgan fingerprint density at radius 1 is 1.28 bits per heavy atom. The predicted molar refractivity (Wildman–Crippen MR) is 71.4 cm³/mol. The SMILES string of the molecule is COc1c(OC2CCC2)ccc2c1CCNC2C. The van der Waals surface area contributed by atoms with E-state index in [1.807, 2.05) is 0 Å². The van der Waals surface area contributed by atoms with E-state index in [1.165, 1.54) is 30.4 Å². The molecule has 1 saturated carbocycles. The summed E-state index contributed by atoms with van der Waals surface area (Å²) in [4.78, 5) is 0. The van der Waals surface area contributed by atoms with Crippen LogP contribution in [-0.4, -0.2) is 19.8 Å². The molecule has 1 fully saturated rings. The summed E-state index contributed by atoms with van der Waals surface area (Å²) >= 11 is 0. The lowest BCUT2D eigenvalue weighted by Crippen LogP contribution is -2.29. The molecule has 3 rings (SSSR count). The molecule has 0 amide bonds. The number of rotatable bonds is 3. The lowest BCUT2D eigenvalue weighted by atomic mass is 9.93. The summed E-state index contributed by atoms with van der Waals surface area (Å²) in [6.45, 7) is 3.21.